The van der Waals surface area contributed by atoms with Crippen molar-refractivity contribution in [1.29, 1.82) is 0 Å². The molecule has 0 aliphatic heterocycles. The fraction of sp³-hybridized carbons (Fsp3) is 0. The number of benzene rings is 1. The number of para-hydroxylation sites is 1. The number of carbonyl (C=O) groups excluding carboxylic acids is 1. The molecule has 2 heterocycles. The Balaban J connectivity index is 1.65. The van der Waals surface area contributed by atoms with Crippen molar-refractivity contribution in [2.45, 2.75) is 0 Å². The van der Waals surface area contributed by atoms with E-state index in [1.165, 1.54) is 6.26 Å². The summed E-state index contributed by atoms with van der Waals surface area (Å²) in [5.41, 5.74) is 1.56. The summed E-state index contributed by atoms with van der Waals surface area (Å²) in [6.45, 7) is 0. The van der Waals surface area contributed by atoms with Gasteiger partial charge < -0.3 is 15.1 Å². The van der Waals surface area contributed by atoms with Gasteiger partial charge in [0.25, 0.3) is 5.91 Å². The van der Waals surface area contributed by atoms with Crippen LogP contribution in [0.15, 0.2) is 71.5 Å². The van der Waals surface area contributed by atoms with Crippen molar-refractivity contribution >= 4 is 23.1 Å². The Hall–Kier alpha value is -3.08. The topological polar surface area (TPSA) is 67.2 Å². The molecule has 0 radical (unpaired) electrons. The van der Waals surface area contributed by atoms with Gasteiger partial charge >= 0.3 is 0 Å². The van der Waals surface area contributed by atoms with Crippen molar-refractivity contribution in [3.63, 3.8) is 0 Å². The van der Waals surface area contributed by atoms with Gasteiger partial charge in [-0.05, 0) is 36.4 Å². The van der Waals surface area contributed by atoms with Crippen LogP contribution in [-0.4, -0.2) is 10.9 Å². The lowest BCUT2D eigenvalue weighted by Crippen LogP contribution is -2.11. The lowest BCUT2D eigenvalue weighted by Gasteiger charge is -2.07. The van der Waals surface area contributed by atoms with Crippen LogP contribution in [0.5, 0.6) is 0 Å². The third kappa shape index (κ3) is 3.27. The van der Waals surface area contributed by atoms with E-state index in [0.29, 0.717) is 11.5 Å². The van der Waals surface area contributed by atoms with E-state index in [2.05, 4.69) is 15.6 Å². The molecule has 0 unspecified atom stereocenters. The number of furan rings is 1. The highest BCUT2D eigenvalue weighted by Gasteiger charge is 2.08. The molecule has 0 spiro atoms. The molecular weight excluding hydrogens is 266 g/mol. The van der Waals surface area contributed by atoms with Crippen molar-refractivity contribution in [2.75, 3.05) is 10.6 Å². The van der Waals surface area contributed by atoms with E-state index in [1.54, 1.807) is 30.5 Å². The second-order valence-electron chi connectivity index (χ2n) is 4.35. The zero-order valence-corrected chi connectivity index (χ0v) is 11.1. The largest absolute Gasteiger partial charge is 0.459 e. The van der Waals surface area contributed by atoms with Gasteiger partial charge in [-0.15, -0.1) is 0 Å². The average Bonchev–Trinajstić information content (AvgIpc) is 3.05. The summed E-state index contributed by atoms with van der Waals surface area (Å²) in [5.74, 6) is 0.671. The number of hydrogen-bond acceptors (Lipinski definition) is 4. The summed E-state index contributed by atoms with van der Waals surface area (Å²) in [6.07, 6.45) is 3.05. The van der Waals surface area contributed by atoms with Gasteiger partial charge in [0.1, 0.15) is 5.82 Å². The normalized spacial score (nSPS) is 10.1. The molecular formula is C16H13N3O2. The van der Waals surface area contributed by atoms with Crippen LogP contribution < -0.4 is 10.6 Å². The van der Waals surface area contributed by atoms with Crippen molar-refractivity contribution in [3.05, 3.63) is 72.8 Å². The highest BCUT2D eigenvalue weighted by atomic mass is 16.3. The summed E-state index contributed by atoms with van der Waals surface area (Å²) in [4.78, 5) is 16.1. The molecule has 2 N–H and O–H groups in total. The lowest BCUT2D eigenvalue weighted by molar-refractivity contribution is 0.0996. The summed E-state index contributed by atoms with van der Waals surface area (Å²) < 4.78 is 5.03. The van der Waals surface area contributed by atoms with Crippen LogP contribution >= 0.6 is 0 Å². The number of rotatable bonds is 4. The molecule has 21 heavy (non-hydrogen) atoms. The minimum atomic E-state index is -0.300. The monoisotopic (exact) mass is 279 g/mol. The van der Waals surface area contributed by atoms with Crippen LogP contribution in [0, 0.1) is 0 Å². The van der Waals surface area contributed by atoms with Crippen LogP contribution in [0.2, 0.25) is 0 Å². The SMILES string of the molecule is O=C(Nc1ccc(Nc2ccccc2)nc1)c1ccco1. The van der Waals surface area contributed by atoms with E-state index >= 15 is 0 Å². The Morgan fingerprint density at radius 2 is 1.81 bits per heavy atom. The van der Waals surface area contributed by atoms with Gasteiger partial charge in [0.2, 0.25) is 0 Å². The summed E-state index contributed by atoms with van der Waals surface area (Å²) in [5, 5.41) is 5.88. The van der Waals surface area contributed by atoms with Crippen LogP contribution in [-0.2, 0) is 0 Å². The van der Waals surface area contributed by atoms with Gasteiger partial charge in [0, 0.05) is 5.69 Å². The van der Waals surface area contributed by atoms with Gasteiger partial charge in [-0.25, -0.2) is 4.98 Å². The predicted octanol–water partition coefficient (Wildman–Crippen LogP) is 3.67. The van der Waals surface area contributed by atoms with Gasteiger partial charge in [0.15, 0.2) is 5.76 Å². The highest BCUT2D eigenvalue weighted by molar-refractivity contribution is 6.02. The van der Waals surface area contributed by atoms with Gasteiger partial charge in [-0.3, -0.25) is 4.79 Å². The van der Waals surface area contributed by atoms with Crippen molar-refractivity contribution < 1.29 is 9.21 Å². The zero-order valence-electron chi connectivity index (χ0n) is 11.1. The molecule has 0 aliphatic rings. The first-order valence-corrected chi connectivity index (χ1v) is 6.44. The van der Waals surface area contributed by atoms with Gasteiger partial charge in [0.05, 0.1) is 18.1 Å². The molecule has 104 valence electrons. The van der Waals surface area contributed by atoms with Crippen molar-refractivity contribution in [2.24, 2.45) is 0 Å². The first-order chi connectivity index (χ1) is 10.3. The Kier molecular flexibility index (Phi) is 3.64. The Morgan fingerprint density at radius 3 is 2.48 bits per heavy atom. The van der Waals surface area contributed by atoms with E-state index in [-0.39, 0.29) is 11.7 Å². The average molecular weight is 279 g/mol. The number of anilines is 3. The molecule has 0 fully saturated rings. The van der Waals surface area contributed by atoms with Crippen LogP contribution in [0.25, 0.3) is 0 Å². The summed E-state index contributed by atoms with van der Waals surface area (Å²) in [6, 6.07) is 16.6. The van der Waals surface area contributed by atoms with Crippen LogP contribution in [0.4, 0.5) is 17.2 Å². The molecule has 0 aliphatic carbocycles. The molecule has 5 nitrogen and oxygen atoms in total. The summed E-state index contributed by atoms with van der Waals surface area (Å²) >= 11 is 0. The highest BCUT2D eigenvalue weighted by Crippen LogP contribution is 2.16. The van der Waals surface area contributed by atoms with Crippen molar-refractivity contribution in [3.8, 4) is 0 Å². The Morgan fingerprint density at radius 1 is 0.952 bits per heavy atom. The Labute approximate surface area is 121 Å². The molecule has 1 amide bonds. The minimum absolute atomic E-state index is 0.265. The van der Waals surface area contributed by atoms with E-state index in [9.17, 15) is 4.79 Å². The van der Waals surface area contributed by atoms with E-state index in [4.69, 9.17) is 4.42 Å². The molecule has 3 rings (SSSR count). The standard InChI is InChI=1S/C16H13N3O2/c20-16(14-7-4-10-21-14)19-13-8-9-15(17-11-13)18-12-5-2-1-3-6-12/h1-11H,(H,17,18)(H,19,20). The van der Waals surface area contributed by atoms with E-state index < -0.39 is 0 Å². The summed E-state index contributed by atoms with van der Waals surface area (Å²) in [7, 11) is 0. The molecule has 5 heteroatoms. The second-order valence-corrected chi connectivity index (χ2v) is 4.35. The van der Waals surface area contributed by atoms with Crippen molar-refractivity contribution in [1.82, 2.24) is 4.98 Å². The smallest absolute Gasteiger partial charge is 0.291 e. The molecule has 0 atom stereocenters. The number of pyridine rings is 1. The first kappa shape index (κ1) is 12.9. The maximum absolute atomic E-state index is 11.8. The third-order valence-corrected chi connectivity index (χ3v) is 2.81. The fourth-order valence-electron chi connectivity index (χ4n) is 1.81. The maximum atomic E-state index is 11.8. The van der Waals surface area contributed by atoms with Gasteiger partial charge in [-0.2, -0.15) is 0 Å². The van der Waals surface area contributed by atoms with Crippen LogP contribution in [0.1, 0.15) is 10.6 Å². The molecule has 2 aromatic heterocycles. The Bertz CT molecular complexity index is 707. The zero-order chi connectivity index (χ0) is 14.5. The quantitative estimate of drug-likeness (QED) is 0.764. The number of amides is 1. The number of nitrogens with zero attached hydrogens (tertiary/aromatic N) is 1. The third-order valence-electron chi connectivity index (χ3n) is 2.81. The second kappa shape index (κ2) is 5.92. The molecule has 0 saturated carbocycles. The fourth-order valence-corrected chi connectivity index (χ4v) is 1.81. The maximum Gasteiger partial charge on any atom is 0.291 e. The van der Waals surface area contributed by atoms with Gasteiger partial charge in [-0.1, -0.05) is 18.2 Å². The first-order valence-electron chi connectivity index (χ1n) is 6.44. The molecule has 0 bridgehead atoms. The molecule has 3 aromatic rings. The molecule has 1 aromatic carbocycles. The number of nitrogens with one attached hydrogen (secondary N) is 2. The van der Waals surface area contributed by atoms with Crippen LogP contribution in [0.3, 0.4) is 0 Å². The minimum Gasteiger partial charge on any atom is -0.459 e. The predicted molar refractivity (Wildman–Crippen MR) is 80.6 cm³/mol. The number of hydrogen-bond donors (Lipinski definition) is 2. The van der Waals surface area contributed by atoms with E-state index in [0.717, 1.165) is 5.69 Å². The number of carbonyl (C=O) groups is 1. The van der Waals surface area contributed by atoms with E-state index in [1.807, 2.05) is 30.3 Å². The number of aromatic nitrogens is 1. The molecule has 0 saturated heterocycles. The lowest BCUT2D eigenvalue weighted by atomic mass is 10.3.